The van der Waals surface area contributed by atoms with Gasteiger partial charge in [0, 0.05) is 30.1 Å². The number of hydrogen-bond donors (Lipinski definition) is 0. The van der Waals surface area contributed by atoms with Crippen molar-refractivity contribution in [2.75, 3.05) is 33.4 Å². The van der Waals surface area contributed by atoms with E-state index in [0.717, 1.165) is 17.5 Å². The maximum absolute atomic E-state index is 13.6. The van der Waals surface area contributed by atoms with Crippen LogP contribution in [-0.2, 0) is 16.0 Å². The highest BCUT2D eigenvalue weighted by Gasteiger charge is 2.34. The number of amides is 2. The van der Waals surface area contributed by atoms with Crippen molar-refractivity contribution in [1.29, 1.82) is 0 Å². The van der Waals surface area contributed by atoms with Gasteiger partial charge >= 0.3 is 0 Å². The molecular formula is C25H24Cl2N2O3S. The van der Waals surface area contributed by atoms with Gasteiger partial charge in [0.05, 0.1) is 23.2 Å². The summed E-state index contributed by atoms with van der Waals surface area (Å²) < 4.78 is 5.19. The van der Waals surface area contributed by atoms with Crippen LogP contribution in [0.5, 0.6) is 0 Å². The number of ether oxygens (including phenoxy) is 1. The van der Waals surface area contributed by atoms with Gasteiger partial charge in [0.25, 0.3) is 5.91 Å². The van der Waals surface area contributed by atoms with Crippen molar-refractivity contribution < 1.29 is 14.3 Å². The molecule has 1 aromatic heterocycles. The normalized spacial score (nSPS) is 15.2. The van der Waals surface area contributed by atoms with E-state index in [0.29, 0.717) is 23.7 Å². The Hall–Kier alpha value is -2.38. The Bertz CT molecular complexity index is 1140. The van der Waals surface area contributed by atoms with Crippen LogP contribution >= 0.6 is 34.5 Å². The molecule has 33 heavy (non-hydrogen) atoms. The molecule has 0 aliphatic carbocycles. The van der Waals surface area contributed by atoms with E-state index in [9.17, 15) is 9.59 Å². The molecule has 8 heteroatoms. The molecule has 5 nitrogen and oxygen atoms in total. The number of rotatable bonds is 7. The first-order valence-corrected chi connectivity index (χ1v) is 12.3. The third-order valence-corrected chi connectivity index (χ3v) is 7.29. The van der Waals surface area contributed by atoms with E-state index in [1.165, 1.54) is 15.8 Å². The average Bonchev–Trinajstić information content (AvgIpc) is 3.30. The highest BCUT2D eigenvalue weighted by molar-refractivity contribution is 7.10. The molecule has 2 aromatic carbocycles. The molecule has 0 saturated heterocycles. The van der Waals surface area contributed by atoms with Gasteiger partial charge in [-0.2, -0.15) is 0 Å². The van der Waals surface area contributed by atoms with Gasteiger partial charge in [0.15, 0.2) is 0 Å². The number of benzene rings is 2. The van der Waals surface area contributed by atoms with Crippen molar-refractivity contribution in [3.05, 3.63) is 91.6 Å². The van der Waals surface area contributed by atoms with Crippen LogP contribution in [0.1, 0.15) is 32.4 Å². The molecule has 0 radical (unpaired) electrons. The molecule has 1 aliphatic heterocycles. The summed E-state index contributed by atoms with van der Waals surface area (Å²) in [7, 11) is 1.56. The molecule has 2 amide bonds. The Kier molecular flexibility index (Phi) is 7.71. The fraction of sp³-hybridized carbons (Fsp3) is 0.280. The average molecular weight is 503 g/mol. The molecular weight excluding hydrogens is 479 g/mol. The summed E-state index contributed by atoms with van der Waals surface area (Å²) >= 11 is 14.0. The van der Waals surface area contributed by atoms with E-state index in [4.69, 9.17) is 27.9 Å². The monoisotopic (exact) mass is 502 g/mol. The Balaban J connectivity index is 1.61. The SMILES string of the molecule is COCCN(CC(=O)N1CCc2sccc2C1c1ccccc1)C(=O)c1ccc(Cl)cc1Cl. The maximum Gasteiger partial charge on any atom is 0.255 e. The predicted octanol–water partition coefficient (Wildman–Crippen LogP) is 5.32. The third kappa shape index (κ3) is 5.25. The van der Waals surface area contributed by atoms with Crippen LogP contribution in [0.3, 0.4) is 0 Å². The number of halogens is 2. The lowest BCUT2D eigenvalue weighted by atomic mass is 9.93. The lowest BCUT2D eigenvalue weighted by molar-refractivity contribution is -0.134. The van der Waals surface area contributed by atoms with E-state index < -0.39 is 0 Å². The number of carbonyl (C=O) groups is 2. The first-order valence-electron chi connectivity index (χ1n) is 10.6. The van der Waals surface area contributed by atoms with E-state index in [2.05, 4.69) is 11.4 Å². The zero-order valence-corrected chi connectivity index (χ0v) is 20.5. The predicted molar refractivity (Wildman–Crippen MR) is 132 cm³/mol. The van der Waals surface area contributed by atoms with Crippen LogP contribution in [0, 0.1) is 0 Å². The first-order chi connectivity index (χ1) is 16.0. The Morgan fingerprint density at radius 3 is 2.67 bits per heavy atom. The second-order valence-electron chi connectivity index (χ2n) is 7.79. The quantitative estimate of drug-likeness (QED) is 0.439. The number of carbonyl (C=O) groups excluding carboxylic acids is 2. The van der Waals surface area contributed by atoms with E-state index in [-0.39, 0.29) is 36.0 Å². The van der Waals surface area contributed by atoms with Crippen LogP contribution in [0.4, 0.5) is 0 Å². The van der Waals surface area contributed by atoms with Crippen LogP contribution in [0.25, 0.3) is 0 Å². The summed E-state index contributed by atoms with van der Waals surface area (Å²) in [5.74, 6) is -0.443. The van der Waals surface area contributed by atoms with Crippen molar-refractivity contribution >= 4 is 46.4 Å². The second kappa shape index (κ2) is 10.7. The summed E-state index contributed by atoms with van der Waals surface area (Å²) in [6, 6.07) is 16.7. The van der Waals surface area contributed by atoms with Crippen molar-refractivity contribution in [2.24, 2.45) is 0 Å². The third-order valence-electron chi connectivity index (χ3n) is 5.74. The number of fused-ring (bicyclic) bond motifs is 1. The van der Waals surface area contributed by atoms with Gasteiger partial charge in [-0.25, -0.2) is 0 Å². The minimum absolute atomic E-state index is 0.0655. The van der Waals surface area contributed by atoms with Crippen LogP contribution < -0.4 is 0 Å². The smallest absolute Gasteiger partial charge is 0.255 e. The van der Waals surface area contributed by atoms with Gasteiger partial charge in [-0.1, -0.05) is 53.5 Å². The van der Waals surface area contributed by atoms with Crippen LogP contribution in [-0.4, -0.2) is 55.0 Å². The van der Waals surface area contributed by atoms with Gasteiger partial charge in [-0.3, -0.25) is 9.59 Å². The number of methoxy groups -OCH3 is 1. The van der Waals surface area contributed by atoms with Gasteiger partial charge in [0.2, 0.25) is 5.91 Å². The second-order valence-corrected chi connectivity index (χ2v) is 9.64. The largest absolute Gasteiger partial charge is 0.383 e. The van der Waals surface area contributed by atoms with Crippen LogP contribution in [0.15, 0.2) is 60.0 Å². The number of thiophene rings is 1. The first kappa shape index (κ1) is 23.8. The molecule has 3 aromatic rings. The molecule has 1 atom stereocenters. The molecule has 1 aliphatic rings. The Morgan fingerprint density at radius 2 is 1.94 bits per heavy atom. The maximum atomic E-state index is 13.6. The van der Waals surface area contributed by atoms with Gasteiger partial charge in [0.1, 0.15) is 6.54 Å². The molecule has 4 rings (SSSR count). The molecule has 0 spiro atoms. The van der Waals surface area contributed by atoms with Crippen molar-refractivity contribution in [1.82, 2.24) is 9.80 Å². The van der Waals surface area contributed by atoms with Crippen molar-refractivity contribution in [2.45, 2.75) is 12.5 Å². The number of hydrogen-bond acceptors (Lipinski definition) is 4. The Labute approximate surface area is 207 Å². The molecule has 0 N–H and O–H groups in total. The minimum atomic E-state index is -0.327. The summed E-state index contributed by atoms with van der Waals surface area (Å²) in [4.78, 5) is 31.6. The molecule has 172 valence electrons. The van der Waals surface area contributed by atoms with Crippen LogP contribution in [0.2, 0.25) is 10.0 Å². The fourth-order valence-electron chi connectivity index (χ4n) is 4.12. The summed E-state index contributed by atoms with van der Waals surface area (Å²) in [6.45, 7) is 1.11. The molecule has 0 saturated carbocycles. The molecule has 0 bridgehead atoms. The zero-order valence-electron chi connectivity index (χ0n) is 18.2. The molecule has 1 unspecified atom stereocenters. The van der Waals surface area contributed by atoms with Gasteiger partial charge < -0.3 is 14.5 Å². The minimum Gasteiger partial charge on any atom is -0.383 e. The fourth-order valence-corrected chi connectivity index (χ4v) is 5.51. The summed E-state index contributed by atoms with van der Waals surface area (Å²) in [5, 5.41) is 2.78. The van der Waals surface area contributed by atoms with E-state index in [1.807, 2.05) is 35.2 Å². The lowest BCUT2D eigenvalue weighted by Gasteiger charge is -2.37. The van der Waals surface area contributed by atoms with E-state index >= 15 is 0 Å². The van der Waals surface area contributed by atoms with Crippen molar-refractivity contribution in [3.8, 4) is 0 Å². The topological polar surface area (TPSA) is 49.9 Å². The summed E-state index contributed by atoms with van der Waals surface area (Å²) in [5.41, 5.74) is 2.52. The van der Waals surface area contributed by atoms with Crippen molar-refractivity contribution in [3.63, 3.8) is 0 Å². The highest BCUT2D eigenvalue weighted by Crippen LogP contribution is 2.37. The highest BCUT2D eigenvalue weighted by atomic mass is 35.5. The van der Waals surface area contributed by atoms with Gasteiger partial charge in [-0.05, 0) is 47.2 Å². The number of nitrogens with zero attached hydrogens (tertiary/aromatic N) is 2. The zero-order chi connectivity index (χ0) is 23.4. The Morgan fingerprint density at radius 1 is 1.15 bits per heavy atom. The molecule has 0 fully saturated rings. The molecule has 2 heterocycles. The lowest BCUT2D eigenvalue weighted by Crippen LogP contribution is -2.47. The standard InChI is InChI=1S/C25H24Cl2N2O3S/c1-32-13-12-28(25(31)19-8-7-18(26)15-21(19)27)16-23(30)29-11-9-22-20(10-14-33-22)24(29)17-5-3-2-4-6-17/h2-8,10,14-15,24H,9,11-13,16H2,1H3. The summed E-state index contributed by atoms with van der Waals surface area (Å²) in [6.07, 6.45) is 0.803. The van der Waals surface area contributed by atoms with Gasteiger partial charge in [-0.15, -0.1) is 11.3 Å². The van der Waals surface area contributed by atoms with E-state index in [1.54, 1.807) is 30.6 Å².